The normalized spacial score (nSPS) is 23.9. The molecule has 0 atom stereocenters. The molecule has 2 aliphatic carbocycles. The second kappa shape index (κ2) is 6.27. The lowest BCUT2D eigenvalue weighted by atomic mass is 9.69. The first-order valence-electron chi connectivity index (χ1n) is 5.96. The summed E-state index contributed by atoms with van der Waals surface area (Å²) in [4.78, 5) is 0. The predicted octanol–water partition coefficient (Wildman–Crippen LogP) is 5.20. The Bertz CT molecular complexity index is 149. The van der Waals surface area contributed by atoms with Gasteiger partial charge in [0.05, 0.1) is 0 Å². The maximum Gasteiger partial charge on any atom is -0.0228 e. The van der Waals surface area contributed by atoms with Gasteiger partial charge >= 0.3 is 0 Å². The lowest BCUT2D eigenvalue weighted by Crippen LogP contribution is -2.23. The van der Waals surface area contributed by atoms with Crippen LogP contribution >= 0.6 is 0 Å². The van der Waals surface area contributed by atoms with E-state index in [1.807, 2.05) is 13.8 Å². The minimum atomic E-state index is 0. The van der Waals surface area contributed by atoms with Crippen molar-refractivity contribution in [2.24, 2.45) is 11.3 Å². The van der Waals surface area contributed by atoms with Gasteiger partial charge in [-0.15, -0.1) is 0 Å². The maximum atomic E-state index is 2.40. The fourth-order valence-corrected chi connectivity index (χ4v) is 2.53. The zero-order valence-electron chi connectivity index (χ0n) is 9.47. The Labute approximate surface area is 90.8 Å². The lowest BCUT2D eigenvalue weighted by Gasteiger charge is -2.36. The van der Waals surface area contributed by atoms with Crippen molar-refractivity contribution < 1.29 is 0 Å². The van der Waals surface area contributed by atoms with E-state index in [1.54, 1.807) is 0 Å². The van der Waals surface area contributed by atoms with Crippen LogP contribution in [0, 0.1) is 11.3 Å². The Hall–Kier alpha value is -0.260. The van der Waals surface area contributed by atoms with E-state index in [9.17, 15) is 0 Å². The van der Waals surface area contributed by atoms with Gasteiger partial charge < -0.3 is 0 Å². The van der Waals surface area contributed by atoms with Crippen LogP contribution in [0.3, 0.4) is 0 Å². The van der Waals surface area contributed by atoms with E-state index in [1.165, 1.54) is 38.5 Å². The summed E-state index contributed by atoms with van der Waals surface area (Å²) in [5, 5.41) is 0. The molecule has 0 amide bonds. The first-order chi connectivity index (χ1) is 6.31. The number of hydrogen-bond acceptors (Lipinski definition) is 0. The van der Waals surface area contributed by atoms with Crippen LogP contribution in [0.25, 0.3) is 0 Å². The molecule has 0 aromatic carbocycles. The van der Waals surface area contributed by atoms with Gasteiger partial charge in [-0.05, 0) is 37.0 Å². The molecule has 84 valence electrons. The molecule has 14 heavy (non-hydrogen) atoms. The van der Waals surface area contributed by atoms with Crippen molar-refractivity contribution >= 4 is 0 Å². The molecule has 0 aromatic heterocycles. The van der Waals surface area contributed by atoms with E-state index in [0.717, 1.165) is 11.3 Å². The average molecular weight is 196 g/mol. The third-order valence-electron chi connectivity index (χ3n) is 3.60. The van der Waals surface area contributed by atoms with Gasteiger partial charge in [-0.1, -0.05) is 53.2 Å². The Morgan fingerprint density at radius 3 is 1.86 bits per heavy atom. The lowest BCUT2D eigenvalue weighted by molar-refractivity contribution is 0.170. The molecular formula is C14H28. The summed E-state index contributed by atoms with van der Waals surface area (Å²) in [6.07, 6.45) is 13.4. The first kappa shape index (κ1) is 13.7. The Kier molecular flexibility index (Phi) is 6.15. The van der Waals surface area contributed by atoms with Crippen LogP contribution < -0.4 is 0 Å². The van der Waals surface area contributed by atoms with Crippen LogP contribution in [-0.2, 0) is 0 Å². The number of rotatable bonds is 0. The van der Waals surface area contributed by atoms with Gasteiger partial charge in [0.15, 0.2) is 0 Å². The van der Waals surface area contributed by atoms with Crippen LogP contribution in [0.4, 0.5) is 0 Å². The molecule has 0 radical (unpaired) electrons. The minimum Gasteiger partial charge on any atom is -0.0880 e. The summed E-state index contributed by atoms with van der Waals surface area (Å²) in [7, 11) is 0. The van der Waals surface area contributed by atoms with Crippen molar-refractivity contribution in [3.63, 3.8) is 0 Å². The van der Waals surface area contributed by atoms with E-state index in [-0.39, 0.29) is 7.43 Å². The van der Waals surface area contributed by atoms with E-state index in [4.69, 9.17) is 0 Å². The first-order valence-corrected chi connectivity index (χ1v) is 5.96. The summed E-state index contributed by atoms with van der Waals surface area (Å²) < 4.78 is 0. The van der Waals surface area contributed by atoms with Crippen molar-refractivity contribution in [3.05, 3.63) is 12.2 Å². The van der Waals surface area contributed by atoms with Crippen molar-refractivity contribution in [1.82, 2.24) is 0 Å². The van der Waals surface area contributed by atoms with Crippen LogP contribution in [0.2, 0.25) is 0 Å². The second-order valence-corrected chi connectivity index (χ2v) is 4.56. The SMILES string of the molecule is C.CC.CC1CCC2(CC=CC2)CC1. The molecule has 0 bridgehead atoms. The fraction of sp³-hybridized carbons (Fsp3) is 0.857. The summed E-state index contributed by atoms with van der Waals surface area (Å²) in [6.45, 7) is 6.40. The molecule has 0 unspecified atom stereocenters. The molecular weight excluding hydrogens is 168 g/mol. The predicted molar refractivity (Wildman–Crippen MR) is 66.5 cm³/mol. The van der Waals surface area contributed by atoms with Gasteiger partial charge in [0.25, 0.3) is 0 Å². The zero-order chi connectivity index (χ0) is 9.73. The van der Waals surface area contributed by atoms with Gasteiger partial charge in [0.1, 0.15) is 0 Å². The molecule has 0 aliphatic heterocycles. The van der Waals surface area contributed by atoms with Crippen molar-refractivity contribution in [1.29, 1.82) is 0 Å². The van der Waals surface area contributed by atoms with Crippen LogP contribution in [-0.4, -0.2) is 0 Å². The van der Waals surface area contributed by atoms with Crippen LogP contribution in [0.1, 0.15) is 66.7 Å². The summed E-state index contributed by atoms with van der Waals surface area (Å²) in [5.41, 5.74) is 0.743. The molecule has 2 rings (SSSR count). The molecule has 0 N–H and O–H groups in total. The van der Waals surface area contributed by atoms with Gasteiger partial charge in [-0.2, -0.15) is 0 Å². The molecule has 0 nitrogen and oxygen atoms in total. The standard InChI is InChI=1S/C11H18.C2H6.CH4/c1-10-4-8-11(9-5-10)6-2-3-7-11;1-2;/h2-3,10H,4-9H2,1H3;1-2H3;1H4. The van der Waals surface area contributed by atoms with Crippen molar-refractivity contribution in [2.75, 3.05) is 0 Å². The maximum absolute atomic E-state index is 2.40. The number of allylic oxidation sites excluding steroid dienone is 2. The van der Waals surface area contributed by atoms with E-state index in [2.05, 4.69) is 19.1 Å². The van der Waals surface area contributed by atoms with Crippen LogP contribution in [0.15, 0.2) is 12.2 Å². The van der Waals surface area contributed by atoms with Gasteiger partial charge in [0, 0.05) is 0 Å². The Morgan fingerprint density at radius 1 is 1.00 bits per heavy atom. The van der Waals surface area contributed by atoms with Crippen LogP contribution in [0.5, 0.6) is 0 Å². The molecule has 0 heterocycles. The highest BCUT2D eigenvalue weighted by Gasteiger charge is 2.33. The highest BCUT2D eigenvalue weighted by molar-refractivity contribution is 5.04. The highest BCUT2D eigenvalue weighted by atomic mass is 14.4. The summed E-state index contributed by atoms with van der Waals surface area (Å²) in [6, 6.07) is 0. The monoisotopic (exact) mass is 196 g/mol. The smallest absolute Gasteiger partial charge is 0.0228 e. The molecule has 0 saturated heterocycles. The highest BCUT2D eigenvalue weighted by Crippen LogP contribution is 2.47. The molecule has 1 spiro atoms. The zero-order valence-corrected chi connectivity index (χ0v) is 9.47. The van der Waals surface area contributed by atoms with E-state index in [0.29, 0.717) is 0 Å². The van der Waals surface area contributed by atoms with E-state index < -0.39 is 0 Å². The fourth-order valence-electron chi connectivity index (χ4n) is 2.53. The Morgan fingerprint density at radius 2 is 1.43 bits per heavy atom. The minimum absolute atomic E-state index is 0. The average Bonchev–Trinajstić information content (AvgIpc) is 2.63. The Balaban J connectivity index is 0.000000531. The quantitative estimate of drug-likeness (QED) is 0.467. The van der Waals surface area contributed by atoms with Crippen molar-refractivity contribution in [3.8, 4) is 0 Å². The molecule has 2 aliphatic rings. The molecule has 0 aromatic rings. The topological polar surface area (TPSA) is 0 Å². The third kappa shape index (κ3) is 3.15. The van der Waals surface area contributed by atoms with E-state index >= 15 is 0 Å². The van der Waals surface area contributed by atoms with Crippen molar-refractivity contribution in [2.45, 2.75) is 66.7 Å². The largest absolute Gasteiger partial charge is 0.0880 e. The summed E-state index contributed by atoms with van der Waals surface area (Å²) in [5.74, 6) is 1.00. The van der Waals surface area contributed by atoms with Gasteiger partial charge in [-0.25, -0.2) is 0 Å². The van der Waals surface area contributed by atoms with Gasteiger partial charge in [0.2, 0.25) is 0 Å². The van der Waals surface area contributed by atoms with Gasteiger partial charge in [-0.3, -0.25) is 0 Å². The third-order valence-corrected chi connectivity index (χ3v) is 3.60. The second-order valence-electron chi connectivity index (χ2n) is 4.56. The molecule has 0 heteroatoms. The molecule has 1 fully saturated rings. The molecule has 1 saturated carbocycles. The summed E-state index contributed by atoms with van der Waals surface area (Å²) >= 11 is 0. The number of hydrogen-bond donors (Lipinski definition) is 0.